The van der Waals surface area contributed by atoms with Crippen molar-refractivity contribution in [2.24, 2.45) is 0 Å². The van der Waals surface area contributed by atoms with Gasteiger partial charge in [0.1, 0.15) is 16.4 Å². The molecule has 0 saturated heterocycles. The fraction of sp³-hybridized carbons (Fsp3) is 0.667. The van der Waals surface area contributed by atoms with Gasteiger partial charge in [0.25, 0.3) is 0 Å². The number of nitrogens with zero attached hydrogens (tertiary/aromatic N) is 2. The van der Waals surface area contributed by atoms with Crippen molar-refractivity contribution >= 4 is 11.6 Å². The lowest BCUT2D eigenvalue weighted by Crippen LogP contribution is -2.53. The summed E-state index contributed by atoms with van der Waals surface area (Å²) in [5.41, 5.74) is -0.998. The molecule has 0 aliphatic carbocycles. The van der Waals surface area contributed by atoms with Crippen molar-refractivity contribution in [3.63, 3.8) is 0 Å². The number of hydroxylamine groups is 1. The molecule has 0 aliphatic rings. The minimum Gasteiger partial charge on any atom is -0.704 e. The van der Waals surface area contributed by atoms with Crippen LogP contribution in [0.2, 0.25) is 0 Å². The Morgan fingerprint density at radius 3 is 1.71 bits per heavy atom. The highest BCUT2D eigenvalue weighted by atomic mass is 16.6. The van der Waals surface area contributed by atoms with Gasteiger partial charge in [0, 0.05) is 33.1 Å². The van der Waals surface area contributed by atoms with E-state index in [0.29, 0.717) is 11.1 Å². The number of hydrogen-bond donors (Lipinski definition) is 0. The molecule has 136 valence electrons. The molecule has 0 N–H and O–H groups in total. The highest BCUT2D eigenvalue weighted by molar-refractivity contribution is 5.82. The molecular formula is C18H30N2O4. The second-order valence-corrected chi connectivity index (χ2v) is 7.87. The van der Waals surface area contributed by atoms with Crippen LogP contribution in [0.3, 0.4) is 0 Å². The van der Waals surface area contributed by atoms with Gasteiger partial charge in [0.15, 0.2) is 0 Å². The Balaban J connectivity index is 5.04. The topological polar surface area (TPSA) is 80.5 Å². The summed E-state index contributed by atoms with van der Waals surface area (Å²) in [6.07, 6.45) is 0.211. The minimum atomic E-state index is -1.21. The number of carbonyl (C=O) groups is 2. The Bertz CT molecular complexity index is 547. The average Bonchev–Trinajstić information content (AvgIpc) is 2.32. The van der Waals surface area contributed by atoms with Crippen molar-refractivity contribution in [3.05, 3.63) is 34.4 Å². The van der Waals surface area contributed by atoms with E-state index in [0.717, 1.165) is 0 Å². The molecule has 0 aromatic heterocycles. The van der Waals surface area contributed by atoms with E-state index in [1.54, 1.807) is 13.8 Å². The highest BCUT2D eigenvalue weighted by Crippen LogP contribution is 2.26. The summed E-state index contributed by atoms with van der Waals surface area (Å²) in [7, 11) is 0. The second-order valence-electron chi connectivity index (χ2n) is 7.87. The predicted octanol–water partition coefficient (Wildman–Crippen LogP) is 3.89. The van der Waals surface area contributed by atoms with Gasteiger partial charge >= 0.3 is 0 Å². The van der Waals surface area contributed by atoms with E-state index in [4.69, 9.17) is 0 Å². The number of carbonyl (C=O) groups excluding carboxylic acids is 2. The Kier molecular flexibility index (Phi) is 7.70. The first kappa shape index (κ1) is 22.2. The van der Waals surface area contributed by atoms with Crippen molar-refractivity contribution in [1.29, 1.82) is 0 Å². The summed E-state index contributed by atoms with van der Waals surface area (Å²) < 4.78 is 0. The molecule has 0 aromatic carbocycles. The molecule has 0 spiro atoms. The number of ketones is 2. The van der Waals surface area contributed by atoms with Crippen LogP contribution in [0.1, 0.15) is 67.2 Å². The lowest BCUT2D eigenvalue weighted by Gasteiger charge is -2.38. The van der Waals surface area contributed by atoms with E-state index in [-0.39, 0.29) is 47.3 Å². The Morgan fingerprint density at radius 1 is 0.958 bits per heavy atom. The van der Waals surface area contributed by atoms with Crippen LogP contribution in [0.5, 0.6) is 0 Å². The van der Waals surface area contributed by atoms with E-state index in [9.17, 15) is 19.7 Å². The van der Waals surface area contributed by atoms with Gasteiger partial charge < -0.3 is 5.21 Å². The van der Waals surface area contributed by atoms with Crippen LogP contribution in [0.15, 0.2) is 24.3 Å². The quantitative estimate of drug-likeness (QED) is 0.324. The number of Topliss-reactive ketones (excluding diaryl/α,β-unsaturated/α-hetero) is 2. The summed E-state index contributed by atoms with van der Waals surface area (Å²) in [4.78, 5) is 36.6. The largest absolute Gasteiger partial charge is 0.704 e. The Morgan fingerprint density at radius 2 is 1.33 bits per heavy atom. The first-order valence-electron chi connectivity index (χ1n) is 7.96. The van der Waals surface area contributed by atoms with Crippen LogP contribution in [0, 0.1) is 10.1 Å². The van der Waals surface area contributed by atoms with Crippen LogP contribution >= 0.6 is 0 Å². The third-order valence-corrected chi connectivity index (χ3v) is 3.46. The lowest BCUT2D eigenvalue weighted by atomic mass is 9.93. The van der Waals surface area contributed by atoms with Crippen molar-refractivity contribution in [2.75, 3.05) is 0 Å². The average molecular weight is 338 g/mol. The number of rotatable bonds is 11. The monoisotopic (exact) mass is 338 g/mol. The molecule has 0 aromatic rings. The molecule has 0 bridgehead atoms. The summed E-state index contributed by atoms with van der Waals surface area (Å²) >= 11 is 0. The summed E-state index contributed by atoms with van der Waals surface area (Å²) in [6.45, 7) is 16.9. The highest BCUT2D eigenvalue weighted by Gasteiger charge is 2.44. The van der Waals surface area contributed by atoms with Crippen molar-refractivity contribution in [3.8, 4) is 0 Å². The van der Waals surface area contributed by atoms with Gasteiger partial charge in [0.2, 0.25) is 5.54 Å². The third-order valence-electron chi connectivity index (χ3n) is 3.46. The van der Waals surface area contributed by atoms with Gasteiger partial charge in [-0.05, 0) is 27.7 Å². The Hall–Kier alpha value is -1.82. The van der Waals surface area contributed by atoms with Gasteiger partial charge in [-0.15, -0.1) is 0 Å². The lowest BCUT2D eigenvalue weighted by molar-refractivity contribution is -0.760. The van der Waals surface area contributed by atoms with Gasteiger partial charge in [-0.1, -0.05) is 24.3 Å². The zero-order valence-corrected chi connectivity index (χ0v) is 15.8. The van der Waals surface area contributed by atoms with Crippen LogP contribution < -0.4 is 0 Å². The summed E-state index contributed by atoms with van der Waals surface area (Å²) in [5.74, 6) is -0.309. The van der Waals surface area contributed by atoms with E-state index < -0.39 is 11.1 Å². The van der Waals surface area contributed by atoms with Crippen LogP contribution in [-0.4, -0.2) is 32.7 Å². The van der Waals surface area contributed by atoms with Crippen molar-refractivity contribution < 1.29 is 14.5 Å². The van der Waals surface area contributed by atoms with Crippen molar-refractivity contribution in [1.82, 2.24) is 5.17 Å². The maximum atomic E-state index is 12.5. The predicted molar refractivity (Wildman–Crippen MR) is 95.1 cm³/mol. The number of hydrogen-bond acceptors (Lipinski definition) is 4. The van der Waals surface area contributed by atoms with E-state index >= 15 is 0 Å². The number of allylic oxidation sites excluding steroid dienone is 2. The van der Waals surface area contributed by atoms with Crippen LogP contribution in [0.25, 0.3) is 0 Å². The molecule has 0 unspecified atom stereocenters. The smallest absolute Gasteiger partial charge is 0.244 e. The molecule has 0 amide bonds. The van der Waals surface area contributed by atoms with Gasteiger partial charge in [-0.3, -0.25) is 9.59 Å². The molecule has 24 heavy (non-hydrogen) atoms. The molecule has 0 fully saturated rings. The van der Waals surface area contributed by atoms with Crippen molar-refractivity contribution in [2.45, 2.75) is 78.3 Å². The second kappa shape index (κ2) is 8.33. The Labute approximate surface area is 144 Å². The zero-order valence-electron chi connectivity index (χ0n) is 15.8. The summed E-state index contributed by atoms with van der Waals surface area (Å²) in [6, 6.07) is 0. The van der Waals surface area contributed by atoms with E-state index in [1.165, 1.54) is 27.7 Å². The zero-order chi connectivity index (χ0) is 19.3. The molecule has 6 heteroatoms. The minimum absolute atomic E-state index is 0.0715. The molecule has 0 heterocycles. The van der Waals surface area contributed by atoms with Crippen LogP contribution in [0.4, 0.5) is 0 Å². The maximum Gasteiger partial charge on any atom is 0.244 e. The number of nitroso groups, excluding NO2 is 1. The summed E-state index contributed by atoms with van der Waals surface area (Å²) in [5, 5.41) is 12.7. The first-order chi connectivity index (χ1) is 10.7. The molecule has 6 nitrogen and oxygen atoms in total. The van der Waals surface area contributed by atoms with Gasteiger partial charge in [-0.25, -0.2) is 0 Å². The molecule has 0 saturated carbocycles. The van der Waals surface area contributed by atoms with Gasteiger partial charge in [-0.2, -0.15) is 5.17 Å². The van der Waals surface area contributed by atoms with Crippen LogP contribution in [-0.2, 0) is 9.59 Å². The fourth-order valence-electron chi connectivity index (χ4n) is 2.39. The first-order valence-corrected chi connectivity index (χ1v) is 7.96. The molecule has 0 atom stereocenters. The number of hydrazine groups is 1. The fourth-order valence-corrected chi connectivity index (χ4v) is 2.39. The van der Waals surface area contributed by atoms with Gasteiger partial charge in [0.05, 0.1) is 16.9 Å². The van der Waals surface area contributed by atoms with E-state index in [1.807, 2.05) is 0 Å². The molecule has 0 rings (SSSR count). The molecule has 0 aliphatic heterocycles. The SMILES string of the molecule is C=C(C)CC(=O)CC(C)(C)N([O-])[N+](=O)C(C)(C)CC(=O)CC(=C)C. The standard InChI is InChI=1S/C18H30N2O4/c1-13(2)9-15(21)11-17(5,6)19(23)20(24)18(7,8)12-16(22)10-14(3)4/h1,3,9-12H2,2,4-8H3. The van der Waals surface area contributed by atoms with E-state index in [2.05, 4.69) is 13.2 Å². The maximum absolute atomic E-state index is 12.5. The normalized spacial score (nSPS) is 11.8. The molecule has 0 radical (unpaired) electrons. The third kappa shape index (κ3) is 7.17. The molecular weight excluding hydrogens is 308 g/mol.